The topological polar surface area (TPSA) is 71.3 Å². The van der Waals surface area contributed by atoms with E-state index in [4.69, 9.17) is 32.7 Å². The molecule has 0 aliphatic carbocycles. The van der Waals surface area contributed by atoms with E-state index in [1.165, 1.54) is 11.6 Å². The van der Waals surface area contributed by atoms with Crippen molar-refractivity contribution in [1.82, 2.24) is 0 Å². The Balaban J connectivity index is 1.86. The predicted molar refractivity (Wildman–Crippen MR) is 140 cm³/mol. The number of ether oxygens (including phenoxy) is 2. The minimum atomic E-state index is -0.615. The number of hydrogen-bond acceptors (Lipinski definition) is 4. The molecule has 0 aromatic heterocycles. The van der Waals surface area contributed by atoms with Crippen molar-refractivity contribution in [1.29, 1.82) is 5.26 Å². The Morgan fingerprint density at radius 1 is 1.12 bits per heavy atom. The quantitative estimate of drug-likeness (QED) is 0.228. The van der Waals surface area contributed by atoms with Crippen LogP contribution in [0.5, 0.6) is 11.5 Å². The van der Waals surface area contributed by atoms with Crippen LogP contribution in [-0.4, -0.2) is 12.5 Å². The summed E-state index contributed by atoms with van der Waals surface area (Å²) in [4.78, 5) is 12.7. The first kappa shape index (κ1) is 25.6. The van der Waals surface area contributed by atoms with E-state index >= 15 is 0 Å². The lowest BCUT2D eigenvalue weighted by Crippen LogP contribution is -2.13. The molecule has 0 atom stereocenters. The van der Waals surface area contributed by atoms with Gasteiger partial charge in [-0.1, -0.05) is 75.0 Å². The molecule has 3 rings (SSSR count). The fourth-order valence-corrected chi connectivity index (χ4v) is 3.77. The van der Waals surface area contributed by atoms with Crippen molar-refractivity contribution < 1.29 is 14.3 Å². The Morgan fingerprint density at radius 3 is 2.50 bits per heavy atom. The fourth-order valence-electron chi connectivity index (χ4n) is 2.98. The predicted octanol–water partition coefficient (Wildman–Crippen LogP) is 7.59. The van der Waals surface area contributed by atoms with E-state index in [9.17, 15) is 10.1 Å². The van der Waals surface area contributed by atoms with Crippen molar-refractivity contribution >= 4 is 56.8 Å². The van der Waals surface area contributed by atoms with E-state index in [1.54, 1.807) is 30.3 Å². The molecular formula is C26H21BrCl2N2O3. The third-order valence-corrected chi connectivity index (χ3v) is 6.25. The second-order valence-electron chi connectivity index (χ2n) is 7.25. The number of nitrogens with one attached hydrogen (secondary N) is 1. The highest BCUT2D eigenvalue weighted by Gasteiger charge is 2.16. The molecule has 0 aliphatic rings. The second kappa shape index (κ2) is 11.9. The summed E-state index contributed by atoms with van der Waals surface area (Å²) in [6.45, 7) is 4.68. The molecule has 3 aromatic carbocycles. The zero-order valence-electron chi connectivity index (χ0n) is 18.5. The standard InChI is InChI=1S/C26H21BrCl2N2O3/c1-3-33-23-12-18(20(27)13-24(23)34-15-17-9-7-16(2)8-10-17)11-19(14-30)26(32)31-22-6-4-5-21(28)25(22)29/h4-13H,3,15H2,1-2H3,(H,31,32)/b19-11-. The summed E-state index contributed by atoms with van der Waals surface area (Å²) in [7, 11) is 0. The summed E-state index contributed by atoms with van der Waals surface area (Å²) in [5, 5.41) is 12.7. The first-order valence-electron chi connectivity index (χ1n) is 10.3. The van der Waals surface area contributed by atoms with Gasteiger partial charge in [-0.05, 0) is 55.3 Å². The van der Waals surface area contributed by atoms with Crippen LogP contribution in [0.1, 0.15) is 23.6 Å². The maximum Gasteiger partial charge on any atom is 0.266 e. The first-order valence-corrected chi connectivity index (χ1v) is 11.9. The van der Waals surface area contributed by atoms with Gasteiger partial charge in [0.05, 0.1) is 22.3 Å². The van der Waals surface area contributed by atoms with Gasteiger partial charge in [0, 0.05) is 4.47 Å². The highest BCUT2D eigenvalue weighted by molar-refractivity contribution is 9.10. The van der Waals surface area contributed by atoms with Gasteiger partial charge in [-0.25, -0.2) is 0 Å². The summed E-state index contributed by atoms with van der Waals surface area (Å²) >= 11 is 15.6. The van der Waals surface area contributed by atoms with Crippen molar-refractivity contribution in [2.45, 2.75) is 20.5 Å². The summed E-state index contributed by atoms with van der Waals surface area (Å²) in [6.07, 6.45) is 1.46. The van der Waals surface area contributed by atoms with E-state index in [-0.39, 0.29) is 10.6 Å². The van der Waals surface area contributed by atoms with E-state index in [0.29, 0.717) is 45.5 Å². The van der Waals surface area contributed by atoms with Gasteiger partial charge in [-0.15, -0.1) is 0 Å². The van der Waals surface area contributed by atoms with Gasteiger partial charge < -0.3 is 14.8 Å². The number of benzene rings is 3. The SMILES string of the molecule is CCOc1cc(/C=C(/C#N)C(=O)Nc2cccc(Cl)c2Cl)c(Br)cc1OCc1ccc(C)cc1. The van der Waals surface area contributed by atoms with Crippen LogP contribution in [0.15, 0.2) is 64.6 Å². The number of hydrogen-bond donors (Lipinski definition) is 1. The Kier molecular flexibility index (Phi) is 9.00. The lowest BCUT2D eigenvalue weighted by Gasteiger charge is -2.14. The molecule has 1 N–H and O–H groups in total. The normalized spacial score (nSPS) is 11.0. The van der Waals surface area contributed by atoms with Gasteiger partial charge in [0.15, 0.2) is 11.5 Å². The van der Waals surface area contributed by atoms with Crippen molar-refractivity contribution in [3.63, 3.8) is 0 Å². The number of carbonyl (C=O) groups is 1. The lowest BCUT2D eigenvalue weighted by molar-refractivity contribution is -0.112. The molecule has 0 spiro atoms. The van der Waals surface area contributed by atoms with Crippen LogP contribution in [0, 0.1) is 18.3 Å². The summed E-state index contributed by atoms with van der Waals surface area (Å²) in [6, 6.07) is 18.3. The van der Waals surface area contributed by atoms with Gasteiger partial charge in [-0.3, -0.25) is 4.79 Å². The molecule has 0 fully saturated rings. The van der Waals surface area contributed by atoms with Crippen molar-refractivity contribution in [2.24, 2.45) is 0 Å². The van der Waals surface area contributed by atoms with Crippen molar-refractivity contribution in [2.75, 3.05) is 11.9 Å². The van der Waals surface area contributed by atoms with E-state index in [0.717, 1.165) is 5.56 Å². The molecule has 8 heteroatoms. The smallest absolute Gasteiger partial charge is 0.266 e. The van der Waals surface area contributed by atoms with Gasteiger partial charge in [0.25, 0.3) is 5.91 Å². The highest BCUT2D eigenvalue weighted by Crippen LogP contribution is 2.36. The minimum Gasteiger partial charge on any atom is -0.490 e. The molecule has 0 bridgehead atoms. The van der Waals surface area contributed by atoms with Gasteiger partial charge in [0.1, 0.15) is 18.2 Å². The van der Waals surface area contributed by atoms with Crippen LogP contribution in [0.3, 0.4) is 0 Å². The highest BCUT2D eigenvalue weighted by atomic mass is 79.9. The number of nitriles is 1. The molecule has 1 amide bonds. The largest absolute Gasteiger partial charge is 0.490 e. The van der Waals surface area contributed by atoms with Crippen LogP contribution < -0.4 is 14.8 Å². The third-order valence-electron chi connectivity index (χ3n) is 4.74. The molecule has 0 aliphatic heterocycles. The van der Waals surface area contributed by atoms with E-state index < -0.39 is 5.91 Å². The Bertz CT molecular complexity index is 1270. The van der Waals surface area contributed by atoms with Crippen LogP contribution in [0.25, 0.3) is 6.08 Å². The van der Waals surface area contributed by atoms with Crippen molar-refractivity contribution in [3.8, 4) is 17.6 Å². The van der Waals surface area contributed by atoms with Gasteiger partial charge in [-0.2, -0.15) is 5.26 Å². The second-order valence-corrected chi connectivity index (χ2v) is 8.89. The molecule has 5 nitrogen and oxygen atoms in total. The maximum absolute atomic E-state index is 12.7. The number of halogens is 3. The molecule has 0 unspecified atom stereocenters. The molecule has 174 valence electrons. The Morgan fingerprint density at radius 2 is 1.82 bits per heavy atom. The van der Waals surface area contributed by atoms with Crippen LogP contribution >= 0.6 is 39.1 Å². The molecule has 3 aromatic rings. The molecular weight excluding hydrogens is 539 g/mol. The Labute approximate surface area is 217 Å². The maximum atomic E-state index is 12.7. The lowest BCUT2D eigenvalue weighted by atomic mass is 10.1. The summed E-state index contributed by atoms with van der Waals surface area (Å²) in [5.41, 5.74) is 2.97. The number of rotatable bonds is 8. The molecule has 0 saturated carbocycles. The zero-order valence-corrected chi connectivity index (χ0v) is 21.6. The number of amides is 1. The molecule has 34 heavy (non-hydrogen) atoms. The van der Waals surface area contributed by atoms with Crippen LogP contribution in [0.2, 0.25) is 10.0 Å². The van der Waals surface area contributed by atoms with Crippen molar-refractivity contribution in [3.05, 3.63) is 91.4 Å². The van der Waals surface area contributed by atoms with Crippen LogP contribution in [0.4, 0.5) is 5.69 Å². The average molecular weight is 560 g/mol. The number of anilines is 1. The Hall–Kier alpha value is -2.98. The number of carbonyl (C=O) groups excluding carboxylic acids is 1. The monoisotopic (exact) mass is 558 g/mol. The summed E-state index contributed by atoms with van der Waals surface area (Å²) in [5.74, 6) is 0.427. The third kappa shape index (κ3) is 6.54. The number of aryl methyl sites for hydroxylation is 1. The zero-order chi connectivity index (χ0) is 24.7. The number of nitrogens with zero attached hydrogens (tertiary/aromatic N) is 1. The molecule has 0 heterocycles. The first-order chi connectivity index (χ1) is 16.3. The van der Waals surface area contributed by atoms with E-state index in [2.05, 4.69) is 21.2 Å². The van der Waals surface area contributed by atoms with E-state index in [1.807, 2.05) is 44.2 Å². The molecule has 0 radical (unpaired) electrons. The fraction of sp³-hybridized carbons (Fsp3) is 0.154. The van der Waals surface area contributed by atoms with Crippen LogP contribution in [-0.2, 0) is 11.4 Å². The van der Waals surface area contributed by atoms with Gasteiger partial charge in [0.2, 0.25) is 0 Å². The average Bonchev–Trinajstić information content (AvgIpc) is 2.82. The van der Waals surface area contributed by atoms with Gasteiger partial charge >= 0.3 is 0 Å². The molecule has 0 saturated heterocycles. The minimum absolute atomic E-state index is 0.118. The summed E-state index contributed by atoms with van der Waals surface area (Å²) < 4.78 is 12.4.